The first kappa shape index (κ1) is 13.0. The summed E-state index contributed by atoms with van der Waals surface area (Å²) in [4.78, 5) is 2.16. The van der Waals surface area contributed by atoms with Gasteiger partial charge in [-0.05, 0) is 38.7 Å². The van der Waals surface area contributed by atoms with Crippen molar-refractivity contribution in [3.8, 4) is 5.75 Å². The number of hydrogen-bond acceptors (Lipinski definition) is 3. The van der Waals surface area contributed by atoms with Crippen LogP contribution in [0.2, 0.25) is 0 Å². The van der Waals surface area contributed by atoms with E-state index in [1.165, 1.54) is 5.56 Å². The highest BCUT2D eigenvalue weighted by molar-refractivity contribution is 5.29. The molecule has 1 atom stereocenters. The predicted molar refractivity (Wildman–Crippen MR) is 68.0 cm³/mol. The average Bonchev–Trinajstić information content (AvgIpc) is 2.27. The lowest BCUT2D eigenvalue weighted by Gasteiger charge is -2.20. The molecule has 0 aromatic heterocycles. The number of rotatable bonds is 6. The second-order valence-corrected chi connectivity index (χ2v) is 4.20. The molecule has 0 aliphatic carbocycles. The first-order valence-electron chi connectivity index (χ1n) is 5.75. The molecule has 90 valence electrons. The zero-order chi connectivity index (χ0) is 12.0. The molecule has 0 aliphatic heterocycles. The summed E-state index contributed by atoms with van der Waals surface area (Å²) >= 11 is 0. The van der Waals surface area contributed by atoms with Crippen LogP contribution in [-0.2, 0) is 0 Å². The summed E-state index contributed by atoms with van der Waals surface area (Å²) in [6.07, 6.45) is 0. The second-order valence-electron chi connectivity index (χ2n) is 4.20. The van der Waals surface area contributed by atoms with E-state index in [1.807, 2.05) is 19.1 Å². The third kappa shape index (κ3) is 3.83. The molecule has 0 heterocycles. The Morgan fingerprint density at radius 3 is 2.31 bits per heavy atom. The standard InChI is InChI=1S/C13H22N2O/c1-4-16-13-7-5-11(6-8-13)12(9-14)10-15(2)3/h5-8,12H,4,9-10,14H2,1-3H3. The zero-order valence-electron chi connectivity index (χ0n) is 10.4. The number of hydrogen-bond donors (Lipinski definition) is 1. The Bertz CT molecular complexity index is 295. The maximum Gasteiger partial charge on any atom is 0.119 e. The Labute approximate surface area is 98.2 Å². The van der Waals surface area contributed by atoms with Crippen molar-refractivity contribution in [3.05, 3.63) is 29.8 Å². The van der Waals surface area contributed by atoms with Crippen LogP contribution in [0.1, 0.15) is 18.4 Å². The summed E-state index contributed by atoms with van der Waals surface area (Å²) in [7, 11) is 4.13. The number of ether oxygens (including phenoxy) is 1. The molecule has 0 radical (unpaired) electrons. The fourth-order valence-electron chi connectivity index (χ4n) is 1.76. The normalized spacial score (nSPS) is 12.8. The second kappa shape index (κ2) is 6.51. The molecular formula is C13H22N2O. The maximum atomic E-state index is 5.79. The number of likely N-dealkylation sites (N-methyl/N-ethyl adjacent to an activating group) is 1. The van der Waals surface area contributed by atoms with E-state index in [1.54, 1.807) is 0 Å². The van der Waals surface area contributed by atoms with Crippen LogP contribution in [0.5, 0.6) is 5.75 Å². The van der Waals surface area contributed by atoms with E-state index >= 15 is 0 Å². The van der Waals surface area contributed by atoms with Gasteiger partial charge < -0.3 is 15.4 Å². The van der Waals surface area contributed by atoms with Gasteiger partial charge in [0, 0.05) is 19.0 Å². The third-order valence-electron chi connectivity index (χ3n) is 2.53. The Kier molecular flexibility index (Phi) is 5.29. The van der Waals surface area contributed by atoms with E-state index in [0.29, 0.717) is 19.1 Å². The predicted octanol–water partition coefficient (Wildman–Crippen LogP) is 1.69. The summed E-state index contributed by atoms with van der Waals surface area (Å²) < 4.78 is 5.41. The van der Waals surface area contributed by atoms with Gasteiger partial charge in [-0.1, -0.05) is 12.1 Å². The van der Waals surface area contributed by atoms with Gasteiger partial charge in [-0.3, -0.25) is 0 Å². The molecule has 1 rings (SSSR count). The largest absolute Gasteiger partial charge is 0.494 e. The van der Waals surface area contributed by atoms with E-state index in [0.717, 1.165) is 12.3 Å². The molecule has 0 amide bonds. The first-order chi connectivity index (χ1) is 7.67. The Morgan fingerprint density at radius 1 is 1.25 bits per heavy atom. The lowest BCUT2D eigenvalue weighted by atomic mass is 9.99. The lowest BCUT2D eigenvalue weighted by molar-refractivity contribution is 0.339. The van der Waals surface area contributed by atoms with Gasteiger partial charge in [0.2, 0.25) is 0 Å². The van der Waals surface area contributed by atoms with Gasteiger partial charge in [-0.25, -0.2) is 0 Å². The van der Waals surface area contributed by atoms with Gasteiger partial charge in [0.1, 0.15) is 5.75 Å². The summed E-state index contributed by atoms with van der Waals surface area (Å²) in [6.45, 7) is 4.34. The topological polar surface area (TPSA) is 38.5 Å². The molecule has 1 aromatic carbocycles. The Hall–Kier alpha value is -1.06. The highest BCUT2D eigenvalue weighted by Crippen LogP contribution is 2.19. The molecule has 1 unspecified atom stereocenters. The fourth-order valence-corrected chi connectivity index (χ4v) is 1.76. The number of benzene rings is 1. The molecule has 16 heavy (non-hydrogen) atoms. The van der Waals surface area contributed by atoms with Gasteiger partial charge in [-0.2, -0.15) is 0 Å². The van der Waals surface area contributed by atoms with Gasteiger partial charge in [0.15, 0.2) is 0 Å². The van der Waals surface area contributed by atoms with E-state index in [4.69, 9.17) is 10.5 Å². The van der Waals surface area contributed by atoms with E-state index < -0.39 is 0 Å². The quantitative estimate of drug-likeness (QED) is 0.796. The van der Waals surface area contributed by atoms with E-state index in [9.17, 15) is 0 Å². The van der Waals surface area contributed by atoms with Crippen LogP contribution in [0, 0.1) is 0 Å². The van der Waals surface area contributed by atoms with Crippen molar-refractivity contribution in [1.82, 2.24) is 4.90 Å². The van der Waals surface area contributed by atoms with E-state index in [-0.39, 0.29) is 0 Å². The monoisotopic (exact) mass is 222 g/mol. The summed E-state index contributed by atoms with van der Waals surface area (Å²) in [5.41, 5.74) is 7.07. The van der Waals surface area contributed by atoms with Crippen molar-refractivity contribution >= 4 is 0 Å². The van der Waals surface area contributed by atoms with Crippen LogP contribution < -0.4 is 10.5 Å². The molecule has 3 nitrogen and oxygen atoms in total. The minimum Gasteiger partial charge on any atom is -0.494 e. The zero-order valence-corrected chi connectivity index (χ0v) is 10.4. The molecule has 1 aromatic rings. The van der Waals surface area contributed by atoms with Crippen molar-refractivity contribution in [2.75, 3.05) is 33.8 Å². The molecule has 0 fully saturated rings. The molecule has 2 N–H and O–H groups in total. The lowest BCUT2D eigenvalue weighted by Crippen LogP contribution is -2.25. The molecule has 0 aliphatic rings. The minimum absolute atomic E-state index is 0.394. The van der Waals surface area contributed by atoms with Crippen LogP contribution in [0.25, 0.3) is 0 Å². The van der Waals surface area contributed by atoms with Crippen LogP contribution >= 0.6 is 0 Å². The molecule has 0 spiro atoms. The molecule has 0 saturated heterocycles. The summed E-state index contributed by atoms with van der Waals surface area (Å²) in [5, 5.41) is 0. The Morgan fingerprint density at radius 2 is 1.88 bits per heavy atom. The molecular weight excluding hydrogens is 200 g/mol. The van der Waals surface area contributed by atoms with Crippen molar-refractivity contribution < 1.29 is 4.74 Å². The Balaban J connectivity index is 2.70. The average molecular weight is 222 g/mol. The van der Waals surface area contributed by atoms with Crippen molar-refractivity contribution in [3.63, 3.8) is 0 Å². The third-order valence-corrected chi connectivity index (χ3v) is 2.53. The number of nitrogens with two attached hydrogens (primary N) is 1. The van der Waals surface area contributed by atoms with Crippen molar-refractivity contribution in [2.24, 2.45) is 5.73 Å². The maximum absolute atomic E-state index is 5.79. The van der Waals surface area contributed by atoms with Crippen LogP contribution in [-0.4, -0.2) is 38.7 Å². The SMILES string of the molecule is CCOc1ccc(C(CN)CN(C)C)cc1. The molecule has 0 bridgehead atoms. The van der Waals surface area contributed by atoms with E-state index in [2.05, 4.69) is 31.1 Å². The fraction of sp³-hybridized carbons (Fsp3) is 0.538. The highest BCUT2D eigenvalue weighted by atomic mass is 16.5. The minimum atomic E-state index is 0.394. The highest BCUT2D eigenvalue weighted by Gasteiger charge is 2.10. The van der Waals surface area contributed by atoms with Gasteiger partial charge >= 0.3 is 0 Å². The summed E-state index contributed by atoms with van der Waals surface area (Å²) in [6, 6.07) is 8.23. The molecule has 0 saturated carbocycles. The van der Waals surface area contributed by atoms with Crippen LogP contribution in [0.4, 0.5) is 0 Å². The number of nitrogens with zero attached hydrogens (tertiary/aromatic N) is 1. The van der Waals surface area contributed by atoms with Gasteiger partial charge in [-0.15, -0.1) is 0 Å². The van der Waals surface area contributed by atoms with Gasteiger partial charge in [0.05, 0.1) is 6.61 Å². The van der Waals surface area contributed by atoms with Crippen molar-refractivity contribution in [1.29, 1.82) is 0 Å². The van der Waals surface area contributed by atoms with Crippen molar-refractivity contribution in [2.45, 2.75) is 12.8 Å². The smallest absolute Gasteiger partial charge is 0.119 e. The van der Waals surface area contributed by atoms with Gasteiger partial charge in [0.25, 0.3) is 0 Å². The van der Waals surface area contributed by atoms with Crippen LogP contribution in [0.3, 0.4) is 0 Å². The molecule has 3 heteroatoms. The summed E-state index contributed by atoms with van der Waals surface area (Å²) in [5.74, 6) is 1.32. The van der Waals surface area contributed by atoms with Crippen LogP contribution in [0.15, 0.2) is 24.3 Å². The first-order valence-corrected chi connectivity index (χ1v) is 5.75.